The fraction of sp³-hybridized carbons (Fsp3) is 1.00. The summed E-state index contributed by atoms with van der Waals surface area (Å²) in [7, 11) is 0.368. The van der Waals surface area contributed by atoms with Gasteiger partial charge in [0.2, 0.25) is 0 Å². The van der Waals surface area contributed by atoms with E-state index in [1.165, 1.54) is 64.2 Å². The third kappa shape index (κ3) is 8.87. The lowest BCUT2D eigenvalue weighted by atomic mass is 9.50. The molecule has 0 aromatic rings. The Labute approximate surface area is 389 Å². The molecule has 8 aliphatic carbocycles. The molecule has 1 nitrogen and oxygen atoms in total. The largest absolute Gasteiger partial charge is 0.381 e. The summed E-state index contributed by atoms with van der Waals surface area (Å²) >= 11 is 0. The summed E-state index contributed by atoms with van der Waals surface area (Å²) in [6.07, 6.45) is 27.8. The minimum absolute atomic E-state index is 0.289. The van der Waals surface area contributed by atoms with Crippen molar-refractivity contribution in [2.24, 2.45) is 128 Å². The molecule has 0 heterocycles. The Morgan fingerprint density at radius 3 is 1.23 bits per heavy atom. The van der Waals surface area contributed by atoms with Gasteiger partial charge < -0.3 is 4.74 Å². The predicted octanol–water partition coefficient (Wildman–Crippen LogP) is 17.9. The minimum Gasteiger partial charge on any atom is -0.381 e. The normalized spacial score (nSPS) is 48.4. The lowest BCUT2D eigenvalue weighted by Gasteiger charge is -2.59. The van der Waals surface area contributed by atoms with E-state index in [0.29, 0.717) is 28.3 Å². The van der Waals surface area contributed by atoms with Crippen LogP contribution in [0, 0.1) is 128 Å². The van der Waals surface area contributed by atoms with E-state index in [4.69, 9.17) is 4.74 Å². The maximum atomic E-state index is 6.90. The Bertz CT molecular complexity index is 1470. The van der Waals surface area contributed by atoms with Crippen LogP contribution in [0.5, 0.6) is 0 Å². The zero-order valence-corrected chi connectivity index (χ0v) is 45.8. The van der Waals surface area contributed by atoms with Gasteiger partial charge in [0.05, 0.1) is 14.2 Å². The van der Waals surface area contributed by atoms with Crippen LogP contribution in [0.25, 0.3) is 0 Å². The molecule has 8 saturated carbocycles. The average molecular weight is 874 g/mol. The first-order chi connectivity index (χ1) is 28.8. The van der Waals surface area contributed by atoms with Gasteiger partial charge >= 0.3 is 0 Å². The first-order valence-electron chi connectivity index (χ1n) is 28.4. The molecule has 8 fully saturated rings. The summed E-state index contributed by atoms with van der Waals surface area (Å²) in [4.78, 5) is 0. The SMILES string of the molecule is COC1C(C(C)(C)C)CC2C(CC(C)C2[Si](C)(C)C2C(C)CC3C2C(C2CCC(C(C)(C)C)CC2)C2CCCC2[C@@H]3C2CCC(C(C)(C)C)CC2)[C@H]1C1CCC(C(C)(C)C)CC1. The van der Waals surface area contributed by atoms with Gasteiger partial charge in [-0.25, -0.2) is 0 Å². The van der Waals surface area contributed by atoms with E-state index in [-0.39, 0.29) is 5.41 Å². The molecule has 8 rings (SSSR count). The van der Waals surface area contributed by atoms with Crippen molar-refractivity contribution in [1.82, 2.24) is 0 Å². The predicted molar refractivity (Wildman–Crippen MR) is 271 cm³/mol. The molecule has 0 N–H and O–H groups in total. The number of rotatable bonds is 6. The van der Waals surface area contributed by atoms with Gasteiger partial charge in [0, 0.05) is 7.11 Å². The van der Waals surface area contributed by atoms with Gasteiger partial charge in [0.1, 0.15) is 0 Å². The van der Waals surface area contributed by atoms with Crippen molar-refractivity contribution in [3.8, 4) is 0 Å². The van der Waals surface area contributed by atoms with Gasteiger partial charge in [-0.2, -0.15) is 0 Å². The summed E-state index contributed by atoms with van der Waals surface area (Å²) in [5.74, 6) is 16.9. The molecule has 0 amide bonds. The molecule has 358 valence electrons. The first-order valence-corrected chi connectivity index (χ1v) is 31.5. The third-order valence-electron chi connectivity index (χ3n) is 23.5. The van der Waals surface area contributed by atoms with E-state index < -0.39 is 8.07 Å². The Kier molecular flexibility index (Phi) is 13.8. The van der Waals surface area contributed by atoms with E-state index in [1.54, 1.807) is 51.4 Å². The molecule has 0 aromatic carbocycles. The van der Waals surface area contributed by atoms with Gasteiger partial charge in [-0.15, -0.1) is 0 Å². The molecule has 0 aliphatic heterocycles. The number of methoxy groups -OCH3 is 1. The Morgan fingerprint density at radius 2 is 0.790 bits per heavy atom. The quantitative estimate of drug-likeness (QED) is 0.242. The fourth-order valence-corrected chi connectivity index (χ4v) is 27.6. The molecule has 13 unspecified atom stereocenters. The van der Waals surface area contributed by atoms with Crippen LogP contribution < -0.4 is 0 Å². The molecule has 0 spiro atoms. The van der Waals surface area contributed by atoms with Crippen LogP contribution in [-0.2, 0) is 4.74 Å². The summed E-state index contributed by atoms with van der Waals surface area (Å²) in [6, 6.07) is 0. The van der Waals surface area contributed by atoms with Crippen LogP contribution in [-0.4, -0.2) is 21.3 Å². The zero-order valence-electron chi connectivity index (χ0n) is 44.8. The highest BCUT2D eigenvalue weighted by Gasteiger charge is 2.67. The second-order valence-corrected chi connectivity index (χ2v) is 35.7. The highest BCUT2D eigenvalue weighted by Crippen LogP contribution is 2.73. The lowest BCUT2D eigenvalue weighted by molar-refractivity contribution is -0.120. The summed E-state index contributed by atoms with van der Waals surface area (Å²) in [5, 5.41) is 0. The van der Waals surface area contributed by atoms with Crippen molar-refractivity contribution in [3.05, 3.63) is 0 Å². The summed E-state index contributed by atoms with van der Waals surface area (Å²) in [6.45, 7) is 42.6. The topological polar surface area (TPSA) is 9.23 Å². The van der Waals surface area contributed by atoms with Crippen molar-refractivity contribution in [2.75, 3.05) is 7.11 Å². The van der Waals surface area contributed by atoms with Crippen LogP contribution in [0.3, 0.4) is 0 Å². The van der Waals surface area contributed by atoms with E-state index >= 15 is 0 Å². The Hall–Kier alpha value is 0.177. The highest BCUT2D eigenvalue weighted by atomic mass is 28.3. The molecule has 2 heteroatoms. The maximum Gasteiger partial charge on any atom is 0.0638 e. The van der Waals surface area contributed by atoms with Crippen molar-refractivity contribution >= 4 is 8.07 Å². The standard InChI is InChI=1S/C60H108OSi/c1-36-33-46-47(35-49(60(12,13)14)54(61-15)52(46)40-25-31-43(32-26-40)59(9,10)11)55(36)62(16,17)56-37(2)34-48-50(38-21-27-41(28-22-38)57(3,4)5)44-19-18-20-45(44)51(53(48)56)39-23-29-42(30-24-39)58(6,7)8/h36-56H,18-35H2,1-17H3/t36?,37?,38?,39?,40?,41?,42?,43?,44?,45?,46?,47?,48?,49?,50-,51?,52+,53?,54?,55?,56?/m0/s1. The number of hydrogen-bond donors (Lipinski definition) is 0. The average Bonchev–Trinajstić information content (AvgIpc) is 3.89. The Balaban J connectivity index is 1.15. The maximum absolute atomic E-state index is 6.90. The van der Waals surface area contributed by atoms with Crippen LogP contribution in [0.2, 0.25) is 24.2 Å². The summed E-state index contributed by atoms with van der Waals surface area (Å²) < 4.78 is 6.90. The van der Waals surface area contributed by atoms with Crippen LogP contribution in [0.4, 0.5) is 0 Å². The smallest absolute Gasteiger partial charge is 0.0638 e. The fourth-order valence-electron chi connectivity index (χ4n) is 21.0. The Morgan fingerprint density at radius 1 is 0.387 bits per heavy atom. The van der Waals surface area contributed by atoms with E-state index in [0.717, 1.165) is 112 Å². The van der Waals surface area contributed by atoms with Crippen molar-refractivity contribution in [1.29, 1.82) is 0 Å². The number of fused-ring (bicyclic) bond motifs is 3. The molecule has 8 aliphatic rings. The zero-order chi connectivity index (χ0) is 45.1. The van der Waals surface area contributed by atoms with Crippen LogP contribution >= 0.6 is 0 Å². The molecule has 15 atom stereocenters. The number of ether oxygens (including phenoxy) is 1. The van der Waals surface area contributed by atoms with Crippen molar-refractivity contribution in [3.63, 3.8) is 0 Å². The lowest BCUT2D eigenvalue weighted by Crippen LogP contribution is -2.55. The first kappa shape index (κ1) is 48.6. The minimum atomic E-state index is -1.76. The van der Waals surface area contributed by atoms with Gasteiger partial charge in [-0.05, 0) is 248 Å². The second-order valence-electron chi connectivity index (χ2n) is 30.7. The molecule has 0 bridgehead atoms. The summed E-state index contributed by atoms with van der Waals surface area (Å²) in [5.41, 5.74) is 3.68. The molecule has 62 heavy (non-hydrogen) atoms. The van der Waals surface area contributed by atoms with Gasteiger partial charge in [0.15, 0.2) is 0 Å². The monoisotopic (exact) mass is 873 g/mol. The van der Waals surface area contributed by atoms with Crippen molar-refractivity contribution < 1.29 is 4.74 Å². The van der Waals surface area contributed by atoms with Gasteiger partial charge in [-0.3, -0.25) is 0 Å². The van der Waals surface area contributed by atoms with E-state index in [9.17, 15) is 0 Å². The van der Waals surface area contributed by atoms with Gasteiger partial charge in [-0.1, -0.05) is 116 Å². The molecular weight excluding hydrogens is 765 g/mol. The van der Waals surface area contributed by atoms with Crippen LogP contribution in [0.15, 0.2) is 0 Å². The molecule has 0 saturated heterocycles. The van der Waals surface area contributed by atoms with E-state index in [2.05, 4.69) is 117 Å². The molecular formula is C60H108OSi. The third-order valence-corrected chi connectivity index (χ3v) is 28.9. The molecule has 0 aromatic heterocycles. The van der Waals surface area contributed by atoms with Gasteiger partial charge in [0.25, 0.3) is 0 Å². The van der Waals surface area contributed by atoms with E-state index in [1.807, 2.05) is 0 Å². The second kappa shape index (κ2) is 17.6. The van der Waals surface area contributed by atoms with Crippen LogP contribution in [0.1, 0.15) is 213 Å². The van der Waals surface area contributed by atoms with Crippen molar-refractivity contribution in [2.45, 2.75) is 243 Å². The highest BCUT2D eigenvalue weighted by molar-refractivity contribution is 6.80. The molecule has 0 radical (unpaired) electrons. The number of hydrogen-bond acceptors (Lipinski definition) is 1.